The van der Waals surface area contributed by atoms with E-state index in [1.54, 1.807) is 5.56 Å². The van der Waals surface area contributed by atoms with E-state index >= 15 is 0 Å². The van der Waals surface area contributed by atoms with Crippen molar-refractivity contribution in [3.8, 4) is 6.07 Å². The van der Waals surface area contributed by atoms with Crippen molar-refractivity contribution in [2.45, 2.75) is 90.8 Å². The fourth-order valence-corrected chi connectivity index (χ4v) is 6.89. The monoisotopic (exact) mass is 595 g/mol. The van der Waals surface area contributed by atoms with E-state index in [1.807, 2.05) is 0 Å². The average molecular weight is 596 g/mol. The maximum Gasteiger partial charge on any atom is 0.0957 e. The lowest BCUT2D eigenvalue weighted by atomic mass is 9.84. The third-order valence-corrected chi connectivity index (χ3v) is 9.52. The van der Waals surface area contributed by atoms with Gasteiger partial charge in [-0.1, -0.05) is 103 Å². The van der Waals surface area contributed by atoms with Crippen LogP contribution in [-0.4, -0.2) is 17.5 Å². The quantitative estimate of drug-likeness (QED) is 0.149. The topological polar surface area (TPSA) is 53.1 Å². The average Bonchev–Trinajstić information content (AvgIpc) is 3.05. The number of nitriles is 1. The van der Waals surface area contributed by atoms with Crippen molar-refractivity contribution in [3.05, 3.63) is 153 Å². The number of hydrogen-bond donors (Lipinski definition) is 1. The molecule has 0 radical (unpaired) electrons. The minimum absolute atomic E-state index is 0.320. The normalized spacial score (nSPS) is 13.3. The van der Waals surface area contributed by atoms with E-state index in [0.29, 0.717) is 12.0 Å². The van der Waals surface area contributed by atoms with Crippen molar-refractivity contribution in [3.63, 3.8) is 0 Å². The fourth-order valence-electron chi connectivity index (χ4n) is 6.89. The molecule has 1 unspecified atom stereocenters. The summed E-state index contributed by atoms with van der Waals surface area (Å²) in [6.07, 6.45) is 9.71. The van der Waals surface area contributed by atoms with E-state index in [1.165, 1.54) is 69.3 Å². The SMILES string of the molecule is C=C(C#N)C(N)CCN(Cc1ccccc1CCc1cccc(C)c1)Cc1c(CCc2cccc(C)c2)ccc2c1CCCC2. The first kappa shape index (κ1) is 32.4. The molecule has 3 heteroatoms. The summed E-state index contributed by atoms with van der Waals surface area (Å²) in [4.78, 5) is 2.58. The summed E-state index contributed by atoms with van der Waals surface area (Å²) in [7, 11) is 0. The Morgan fingerprint density at radius 3 is 2.09 bits per heavy atom. The van der Waals surface area contributed by atoms with Crippen molar-refractivity contribution in [1.82, 2.24) is 4.90 Å². The van der Waals surface area contributed by atoms with Gasteiger partial charge in [-0.2, -0.15) is 5.26 Å². The van der Waals surface area contributed by atoms with Gasteiger partial charge in [-0.3, -0.25) is 4.90 Å². The molecule has 4 aromatic rings. The number of rotatable bonds is 14. The lowest BCUT2D eigenvalue weighted by Crippen LogP contribution is -2.32. The summed E-state index contributed by atoms with van der Waals surface area (Å²) in [5, 5.41) is 9.44. The lowest BCUT2D eigenvalue weighted by molar-refractivity contribution is 0.247. The Morgan fingerprint density at radius 2 is 1.42 bits per heavy atom. The van der Waals surface area contributed by atoms with Gasteiger partial charge >= 0.3 is 0 Å². The zero-order chi connectivity index (χ0) is 31.6. The van der Waals surface area contributed by atoms with E-state index in [9.17, 15) is 5.26 Å². The van der Waals surface area contributed by atoms with Gasteiger partial charge in [0.05, 0.1) is 6.07 Å². The number of nitrogens with two attached hydrogens (primary N) is 1. The second-order valence-electron chi connectivity index (χ2n) is 13.0. The summed E-state index contributed by atoms with van der Waals surface area (Å²) in [5.74, 6) is 0. The molecule has 0 aromatic heterocycles. The van der Waals surface area contributed by atoms with Crippen LogP contribution in [0.2, 0.25) is 0 Å². The first-order valence-corrected chi connectivity index (χ1v) is 16.8. The van der Waals surface area contributed by atoms with Gasteiger partial charge in [0, 0.05) is 31.2 Å². The molecule has 0 saturated heterocycles. The van der Waals surface area contributed by atoms with Gasteiger partial charge in [0.1, 0.15) is 0 Å². The van der Waals surface area contributed by atoms with Crippen LogP contribution in [0.5, 0.6) is 0 Å². The largest absolute Gasteiger partial charge is 0.323 e. The van der Waals surface area contributed by atoms with Gasteiger partial charge in [-0.05, 0) is 116 Å². The number of hydrogen-bond acceptors (Lipinski definition) is 3. The van der Waals surface area contributed by atoms with Gasteiger partial charge in [-0.25, -0.2) is 0 Å². The molecule has 0 fully saturated rings. The predicted octanol–water partition coefficient (Wildman–Crippen LogP) is 8.55. The van der Waals surface area contributed by atoms with Crippen molar-refractivity contribution < 1.29 is 0 Å². The highest BCUT2D eigenvalue weighted by Gasteiger charge is 2.21. The molecule has 0 amide bonds. The zero-order valence-corrected chi connectivity index (χ0v) is 27.3. The summed E-state index contributed by atoms with van der Waals surface area (Å²) < 4.78 is 0. The van der Waals surface area contributed by atoms with Crippen molar-refractivity contribution in [2.75, 3.05) is 6.54 Å². The highest BCUT2D eigenvalue weighted by atomic mass is 15.1. The number of aryl methyl sites for hydroxylation is 7. The molecule has 1 aliphatic carbocycles. The molecule has 0 saturated carbocycles. The van der Waals surface area contributed by atoms with E-state index in [0.717, 1.165) is 51.7 Å². The minimum atomic E-state index is -0.320. The summed E-state index contributed by atoms with van der Waals surface area (Å²) in [6.45, 7) is 10.8. The van der Waals surface area contributed by atoms with Crippen LogP contribution in [0.25, 0.3) is 0 Å². The maximum atomic E-state index is 9.44. The molecule has 4 aromatic carbocycles. The summed E-state index contributed by atoms with van der Waals surface area (Å²) in [5.41, 5.74) is 21.2. The summed E-state index contributed by atoms with van der Waals surface area (Å²) >= 11 is 0. The highest BCUT2D eigenvalue weighted by molar-refractivity contribution is 5.43. The Balaban J connectivity index is 1.42. The molecule has 0 spiro atoms. The molecule has 3 nitrogen and oxygen atoms in total. The third-order valence-electron chi connectivity index (χ3n) is 9.52. The molecule has 0 aliphatic heterocycles. The Labute approximate surface area is 271 Å². The highest BCUT2D eigenvalue weighted by Crippen LogP contribution is 2.30. The Kier molecular flexibility index (Phi) is 11.4. The van der Waals surface area contributed by atoms with Crippen molar-refractivity contribution in [1.29, 1.82) is 5.26 Å². The van der Waals surface area contributed by atoms with E-state index in [-0.39, 0.29) is 6.04 Å². The fraction of sp³-hybridized carbons (Fsp3) is 0.357. The van der Waals surface area contributed by atoms with Crippen LogP contribution < -0.4 is 5.73 Å². The second-order valence-corrected chi connectivity index (χ2v) is 13.0. The zero-order valence-electron chi connectivity index (χ0n) is 27.3. The van der Waals surface area contributed by atoms with Gasteiger partial charge in [0.15, 0.2) is 0 Å². The van der Waals surface area contributed by atoms with Crippen LogP contribution in [0.3, 0.4) is 0 Å². The van der Waals surface area contributed by atoms with E-state index in [4.69, 9.17) is 5.73 Å². The predicted molar refractivity (Wildman–Crippen MR) is 188 cm³/mol. The first-order valence-electron chi connectivity index (χ1n) is 16.8. The molecule has 232 valence electrons. The Bertz CT molecular complexity index is 1640. The molecule has 45 heavy (non-hydrogen) atoms. The van der Waals surface area contributed by atoms with Gasteiger partial charge in [-0.15, -0.1) is 0 Å². The van der Waals surface area contributed by atoms with Crippen LogP contribution in [0.15, 0.2) is 97.1 Å². The molecular formula is C42H49N3. The smallest absolute Gasteiger partial charge is 0.0957 e. The number of benzene rings is 4. The molecular weight excluding hydrogens is 546 g/mol. The van der Waals surface area contributed by atoms with Crippen LogP contribution >= 0.6 is 0 Å². The van der Waals surface area contributed by atoms with Crippen LogP contribution in [0, 0.1) is 25.2 Å². The van der Waals surface area contributed by atoms with Crippen LogP contribution in [0.1, 0.15) is 74.9 Å². The van der Waals surface area contributed by atoms with Crippen molar-refractivity contribution in [2.24, 2.45) is 5.73 Å². The van der Waals surface area contributed by atoms with Crippen LogP contribution in [-0.2, 0) is 51.6 Å². The molecule has 1 atom stereocenters. The number of fused-ring (bicyclic) bond motifs is 1. The maximum absolute atomic E-state index is 9.44. The van der Waals surface area contributed by atoms with Gasteiger partial charge in [0.25, 0.3) is 0 Å². The molecule has 0 bridgehead atoms. The minimum Gasteiger partial charge on any atom is -0.323 e. The number of nitrogens with zero attached hydrogens (tertiary/aromatic N) is 2. The van der Waals surface area contributed by atoms with Gasteiger partial charge in [0.2, 0.25) is 0 Å². The van der Waals surface area contributed by atoms with Gasteiger partial charge < -0.3 is 5.73 Å². The molecule has 0 heterocycles. The third kappa shape index (κ3) is 9.04. The van der Waals surface area contributed by atoms with E-state index in [2.05, 4.69) is 116 Å². The van der Waals surface area contributed by atoms with E-state index < -0.39 is 0 Å². The molecule has 1 aliphatic rings. The first-order chi connectivity index (χ1) is 21.9. The Hall–Kier alpha value is -3.97. The Morgan fingerprint density at radius 1 is 0.778 bits per heavy atom. The standard InChI is InChI=1S/C42H49N3/c1-31-10-8-12-34(26-31)18-20-36-14-4-5-16-39(36)29-45(25-24-42(44)33(3)28-43)30-41-38(21-19-35-13-9-11-32(2)27-35)23-22-37-15-6-7-17-40(37)41/h4-5,8-14,16,22-23,26-27,42H,3,6-7,15,17-21,24-25,29-30,44H2,1-2H3. The summed E-state index contributed by atoms with van der Waals surface area (Å²) in [6, 6.07) is 33.4. The van der Waals surface area contributed by atoms with Crippen LogP contribution in [0.4, 0.5) is 0 Å². The van der Waals surface area contributed by atoms with Crippen molar-refractivity contribution >= 4 is 0 Å². The lowest BCUT2D eigenvalue weighted by Gasteiger charge is -2.29. The second kappa shape index (κ2) is 15.8. The molecule has 5 rings (SSSR count). The molecule has 2 N–H and O–H groups in total.